The van der Waals surface area contributed by atoms with Crippen molar-refractivity contribution in [2.24, 2.45) is 0 Å². The van der Waals surface area contributed by atoms with Gasteiger partial charge in [0.2, 0.25) is 0 Å². The van der Waals surface area contributed by atoms with E-state index in [2.05, 4.69) is 5.32 Å². The Morgan fingerprint density at radius 2 is 1.95 bits per heavy atom. The maximum Gasteiger partial charge on any atom is 0.253 e. The van der Waals surface area contributed by atoms with Gasteiger partial charge in [0.25, 0.3) is 5.91 Å². The number of nitrogens with two attached hydrogens (primary N) is 1. The molecule has 0 unspecified atom stereocenters. The number of halogens is 1. The van der Waals surface area contributed by atoms with E-state index in [0.29, 0.717) is 16.3 Å². The Balaban J connectivity index is 1.99. The molecule has 1 aliphatic rings. The number of benzene rings is 1. The van der Waals surface area contributed by atoms with Crippen LogP contribution in [0.25, 0.3) is 0 Å². The highest BCUT2D eigenvalue weighted by Crippen LogP contribution is 2.26. The van der Waals surface area contributed by atoms with Gasteiger partial charge in [0, 0.05) is 17.3 Å². The Bertz CT molecular complexity index is 483. The number of hydrogen-bond acceptors (Lipinski definition) is 3. The number of nitrogen functional groups attached to an aromatic ring is 1. The van der Waals surface area contributed by atoms with Crippen molar-refractivity contribution < 1.29 is 9.90 Å². The molecule has 1 fully saturated rings. The fourth-order valence-corrected chi connectivity index (χ4v) is 2.80. The second kappa shape index (κ2) is 6.46. The van der Waals surface area contributed by atoms with Crippen LogP contribution in [0, 0.1) is 0 Å². The van der Waals surface area contributed by atoms with Crippen LogP contribution in [0.3, 0.4) is 0 Å². The van der Waals surface area contributed by atoms with Crippen LogP contribution in [0.2, 0.25) is 5.02 Å². The first-order chi connectivity index (χ1) is 9.50. The van der Waals surface area contributed by atoms with E-state index in [4.69, 9.17) is 17.3 Å². The summed E-state index contributed by atoms with van der Waals surface area (Å²) in [5.41, 5.74) is 5.73. The predicted molar refractivity (Wildman–Crippen MR) is 80.8 cm³/mol. The van der Waals surface area contributed by atoms with E-state index in [-0.39, 0.29) is 12.5 Å². The Morgan fingerprint density at radius 1 is 1.30 bits per heavy atom. The molecule has 0 spiro atoms. The highest BCUT2D eigenvalue weighted by Gasteiger charge is 2.28. The minimum Gasteiger partial charge on any atom is -0.398 e. The summed E-state index contributed by atoms with van der Waals surface area (Å²) in [5.74, 6) is -0.289. The van der Waals surface area contributed by atoms with E-state index < -0.39 is 5.60 Å². The fourth-order valence-electron chi connectivity index (χ4n) is 2.63. The van der Waals surface area contributed by atoms with E-state index >= 15 is 0 Å². The first-order valence-electron chi connectivity index (χ1n) is 7.06. The molecule has 1 saturated carbocycles. The van der Waals surface area contributed by atoms with Crippen molar-refractivity contribution in [2.75, 3.05) is 12.3 Å². The van der Waals surface area contributed by atoms with Gasteiger partial charge in [-0.3, -0.25) is 4.79 Å². The van der Waals surface area contributed by atoms with E-state index in [0.717, 1.165) is 38.5 Å². The third kappa shape index (κ3) is 3.87. The lowest BCUT2D eigenvalue weighted by Crippen LogP contribution is -2.42. The summed E-state index contributed by atoms with van der Waals surface area (Å²) >= 11 is 5.87. The summed E-state index contributed by atoms with van der Waals surface area (Å²) in [6, 6.07) is 4.80. The van der Waals surface area contributed by atoms with Crippen molar-refractivity contribution >= 4 is 23.2 Å². The van der Waals surface area contributed by atoms with Crippen LogP contribution in [-0.2, 0) is 0 Å². The third-order valence-electron chi connectivity index (χ3n) is 3.87. The largest absolute Gasteiger partial charge is 0.398 e. The SMILES string of the molecule is Nc1ccc(Cl)cc1C(=O)NCC1(O)CCCCCC1. The topological polar surface area (TPSA) is 75.4 Å². The average molecular weight is 297 g/mol. The number of carbonyl (C=O) groups excluding carboxylic acids is 1. The molecule has 0 heterocycles. The molecule has 4 N–H and O–H groups in total. The van der Waals surface area contributed by atoms with Crippen molar-refractivity contribution in [3.8, 4) is 0 Å². The summed E-state index contributed by atoms with van der Waals surface area (Å²) in [6.45, 7) is 0.262. The van der Waals surface area contributed by atoms with E-state index in [1.807, 2.05) is 0 Å². The summed E-state index contributed by atoms with van der Waals surface area (Å²) in [6.07, 6.45) is 5.78. The first-order valence-corrected chi connectivity index (χ1v) is 7.44. The molecular formula is C15H21ClN2O2. The third-order valence-corrected chi connectivity index (χ3v) is 4.11. The zero-order valence-corrected chi connectivity index (χ0v) is 12.2. The van der Waals surface area contributed by atoms with Crippen LogP contribution in [0.15, 0.2) is 18.2 Å². The van der Waals surface area contributed by atoms with Gasteiger partial charge in [-0.1, -0.05) is 37.3 Å². The van der Waals surface area contributed by atoms with Crippen LogP contribution in [-0.4, -0.2) is 23.2 Å². The van der Waals surface area contributed by atoms with Crippen molar-refractivity contribution in [3.05, 3.63) is 28.8 Å². The molecule has 20 heavy (non-hydrogen) atoms. The Kier molecular flexibility index (Phi) is 4.89. The molecular weight excluding hydrogens is 276 g/mol. The molecule has 110 valence electrons. The molecule has 0 aromatic heterocycles. The molecule has 2 rings (SSSR count). The normalized spacial score (nSPS) is 18.3. The van der Waals surface area contributed by atoms with Gasteiger partial charge in [-0.2, -0.15) is 0 Å². The number of nitrogens with one attached hydrogen (secondary N) is 1. The van der Waals surface area contributed by atoms with Gasteiger partial charge >= 0.3 is 0 Å². The maximum atomic E-state index is 12.1. The number of hydrogen-bond donors (Lipinski definition) is 3. The minimum atomic E-state index is -0.792. The molecule has 1 aliphatic carbocycles. The van der Waals surface area contributed by atoms with Crippen molar-refractivity contribution in [1.29, 1.82) is 0 Å². The number of aliphatic hydroxyl groups is 1. The van der Waals surface area contributed by atoms with Crippen LogP contribution in [0.1, 0.15) is 48.9 Å². The number of amides is 1. The Labute approximate surface area is 124 Å². The second-order valence-corrected chi connectivity index (χ2v) is 5.99. The second-order valence-electron chi connectivity index (χ2n) is 5.55. The summed E-state index contributed by atoms with van der Waals surface area (Å²) in [7, 11) is 0. The van der Waals surface area contributed by atoms with Gasteiger partial charge in [0.15, 0.2) is 0 Å². The van der Waals surface area contributed by atoms with Crippen LogP contribution in [0.5, 0.6) is 0 Å². The van der Waals surface area contributed by atoms with E-state index in [1.165, 1.54) is 0 Å². The molecule has 0 radical (unpaired) electrons. The van der Waals surface area contributed by atoms with Gasteiger partial charge in [-0.05, 0) is 31.0 Å². The zero-order chi connectivity index (χ0) is 14.6. The molecule has 1 aromatic rings. The van der Waals surface area contributed by atoms with Gasteiger partial charge < -0.3 is 16.2 Å². The fraction of sp³-hybridized carbons (Fsp3) is 0.533. The van der Waals surface area contributed by atoms with Crippen LogP contribution < -0.4 is 11.1 Å². The van der Waals surface area contributed by atoms with Gasteiger partial charge in [0.1, 0.15) is 0 Å². The highest BCUT2D eigenvalue weighted by atomic mass is 35.5. The average Bonchev–Trinajstić information content (AvgIpc) is 2.64. The lowest BCUT2D eigenvalue weighted by atomic mass is 9.94. The van der Waals surface area contributed by atoms with Crippen molar-refractivity contribution in [2.45, 2.75) is 44.1 Å². The Morgan fingerprint density at radius 3 is 2.60 bits per heavy atom. The zero-order valence-electron chi connectivity index (χ0n) is 11.5. The molecule has 0 saturated heterocycles. The number of rotatable bonds is 3. The first kappa shape index (κ1) is 15.1. The van der Waals surface area contributed by atoms with Crippen LogP contribution >= 0.6 is 11.6 Å². The molecule has 0 aliphatic heterocycles. The summed E-state index contributed by atoms with van der Waals surface area (Å²) in [5, 5.41) is 13.7. The molecule has 1 amide bonds. The summed E-state index contributed by atoms with van der Waals surface area (Å²) < 4.78 is 0. The number of carbonyl (C=O) groups is 1. The molecule has 0 atom stereocenters. The molecule has 0 bridgehead atoms. The van der Waals surface area contributed by atoms with Gasteiger partial charge in [-0.25, -0.2) is 0 Å². The molecule has 5 heteroatoms. The quantitative estimate of drug-likeness (QED) is 0.593. The lowest BCUT2D eigenvalue weighted by Gasteiger charge is -2.26. The van der Waals surface area contributed by atoms with E-state index in [1.54, 1.807) is 18.2 Å². The summed E-state index contributed by atoms with van der Waals surface area (Å²) in [4.78, 5) is 12.1. The van der Waals surface area contributed by atoms with Crippen molar-refractivity contribution in [1.82, 2.24) is 5.32 Å². The number of anilines is 1. The van der Waals surface area contributed by atoms with Crippen LogP contribution in [0.4, 0.5) is 5.69 Å². The van der Waals surface area contributed by atoms with E-state index in [9.17, 15) is 9.90 Å². The van der Waals surface area contributed by atoms with Gasteiger partial charge in [-0.15, -0.1) is 0 Å². The smallest absolute Gasteiger partial charge is 0.253 e. The minimum absolute atomic E-state index is 0.262. The van der Waals surface area contributed by atoms with Crippen molar-refractivity contribution in [3.63, 3.8) is 0 Å². The predicted octanol–water partition coefficient (Wildman–Crippen LogP) is 2.74. The standard InChI is InChI=1S/C15H21ClN2O2/c16-11-5-6-13(17)12(9-11)14(19)18-10-15(20)7-3-1-2-4-8-15/h5-6,9,20H,1-4,7-8,10,17H2,(H,18,19). The monoisotopic (exact) mass is 296 g/mol. The highest BCUT2D eigenvalue weighted by molar-refractivity contribution is 6.31. The van der Waals surface area contributed by atoms with Gasteiger partial charge in [0.05, 0.1) is 11.2 Å². The lowest BCUT2D eigenvalue weighted by molar-refractivity contribution is 0.0246. The maximum absolute atomic E-state index is 12.1. The Hall–Kier alpha value is -1.26. The molecule has 4 nitrogen and oxygen atoms in total. The molecule has 1 aromatic carbocycles.